The Bertz CT molecular complexity index is 501. The Hall–Kier alpha value is -1.68. The number of hydrogen-bond donors (Lipinski definition) is 1. The van der Waals surface area contributed by atoms with E-state index in [0.29, 0.717) is 6.04 Å². The summed E-state index contributed by atoms with van der Waals surface area (Å²) < 4.78 is 1.94. The summed E-state index contributed by atoms with van der Waals surface area (Å²) in [6.45, 7) is 5.12. The van der Waals surface area contributed by atoms with Gasteiger partial charge in [0.15, 0.2) is 0 Å². The van der Waals surface area contributed by atoms with Crippen LogP contribution in [0.4, 0.5) is 0 Å². The minimum Gasteiger partial charge on any atom is -0.320 e. The van der Waals surface area contributed by atoms with Crippen LogP contribution in [0.3, 0.4) is 0 Å². The molecule has 0 radical (unpaired) electrons. The molecule has 0 amide bonds. The van der Waals surface area contributed by atoms with Gasteiger partial charge in [-0.3, -0.25) is 0 Å². The van der Waals surface area contributed by atoms with E-state index in [1.165, 1.54) is 11.1 Å². The molecular formula is C15H22N4. The van der Waals surface area contributed by atoms with Crippen molar-refractivity contribution in [2.24, 2.45) is 7.05 Å². The molecule has 0 spiro atoms. The normalized spacial score (nSPS) is 12.6. The number of nitrogens with zero attached hydrogens (tertiary/aromatic N) is 3. The topological polar surface area (TPSA) is 42.7 Å². The minimum atomic E-state index is 0.364. The molecule has 0 fully saturated rings. The fourth-order valence-corrected chi connectivity index (χ4v) is 2.17. The molecule has 4 heteroatoms. The quantitative estimate of drug-likeness (QED) is 0.866. The maximum atomic E-state index is 4.09. The Morgan fingerprint density at radius 2 is 1.95 bits per heavy atom. The van der Waals surface area contributed by atoms with E-state index in [1.807, 2.05) is 11.6 Å². The van der Waals surface area contributed by atoms with Gasteiger partial charge in [-0.1, -0.05) is 38.1 Å². The van der Waals surface area contributed by atoms with Crippen LogP contribution in [0.1, 0.15) is 43.3 Å². The number of aromatic nitrogens is 3. The van der Waals surface area contributed by atoms with Crippen LogP contribution in [0.2, 0.25) is 0 Å². The van der Waals surface area contributed by atoms with Crippen molar-refractivity contribution in [1.82, 2.24) is 20.1 Å². The fourth-order valence-electron chi connectivity index (χ4n) is 2.17. The van der Waals surface area contributed by atoms with Crippen LogP contribution in [0, 0.1) is 0 Å². The first-order valence-corrected chi connectivity index (χ1v) is 6.89. The molecule has 0 aliphatic heterocycles. The molecule has 0 aliphatic carbocycles. The SMILES string of the molecule is CCc1ccc(C(CC)NCc2nncn2C)cc1. The van der Waals surface area contributed by atoms with Gasteiger partial charge in [0.2, 0.25) is 0 Å². The van der Waals surface area contributed by atoms with Crippen molar-refractivity contribution in [3.63, 3.8) is 0 Å². The number of benzene rings is 1. The smallest absolute Gasteiger partial charge is 0.146 e. The van der Waals surface area contributed by atoms with Gasteiger partial charge >= 0.3 is 0 Å². The zero-order valence-electron chi connectivity index (χ0n) is 11.9. The number of aryl methyl sites for hydroxylation is 2. The van der Waals surface area contributed by atoms with E-state index in [-0.39, 0.29) is 0 Å². The predicted octanol–water partition coefficient (Wildman–Crippen LogP) is 2.62. The molecule has 2 aromatic rings. The lowest BCUT2D eigenvalue weighted by atomic mass is 10.0. The lowest BCUT2D eigenvalue weighted by molar-refractivity contribution is 0.501. The summed E-state index contributed by atoms with van der Waals surface area (Å²) >= 11 is 0. The number of nitrogens with one attached hydrogen (secondary N) is 1. The molecule has 0 bridgehead atoms. The van der Waals surface area contributed by atoms with Crippen molar-refractivity contribution in [2.45, 2.75) is 39.3 Å². The van der Waals surface area contributed by atoms with Gasteiger partial charge in [-0.25, -0.2) is 0 Å². The van der Waals surface area contributed by atoms with Crippen LogP contribution >= 0.6 is 0 Å². The molecule has 0 saturated carbocycles. The average Bonchev–Trinajstić information content (AvgIpc) is 2.86. The Kier molecular flexibility index (Phi) is 4.68. The number of rotatable bonds is 6. The summed E-state index contributed by atoms with van der Waals surface area (Å²) in [6.07, 6.45) is 3.88. The summed E-state index contributed by atoms with van der Waals surface area (Å²) in [4.78, 5) is 0. The molecular weight excluding hydrogens is 236 g/mol. The van der Waals surface area contributed by atoms with Gasteiger partial charge in [-0.05, 0) is 24.0 Å². The molecule has 1 aromatic carbocycles. The van der Waals surface area contributed by atoms with E-state index in [9.17, 15) is 0 Å². The Balaban J connectivity index is 2.01. The summed E-state index contributed by atoms with van der Waals surface area (Å²) in [7, 11) is 1.97. The summed E-state index contributed by atoms with van der Waals surface area (Å²) in [5, 5.41) is 11.5. The summed E-state index contributed by atoms with van der Waals surface area (Å²) in [5.74, 6) is 0.962. The monoisotopic (exact) mass is 258 g/mol. The van der Waals surface area contributed by atoms with Crippen molar-refractivity contribution in [3.05, 3.63) is 47.5 Å². The maximum Gasteiger partial charge on any atom is 0.146 e. The highest BCUT2D eigenvalue weighted by atomic mass is 15.3. The van der Waals surface area contributed by atoms with Crippen LogP contribution in [-0.2, 0) is 20.0 Å². The third kappa shape index (κ3) is 3.41. The molecule has 0 aliphatic rings. The third-order valence-corrected chi connectivity index (χ3v) is 3.51. The summed E-state index contributed by atoms with van der Waals surface area (Å²) in [5.41, 5.74) is 2.72. The highest BCUT2D eigenvalue weighted by molar-refractivity contribution is 5.25. The minimum absolute atomic E-state index is 0.364. The third-order valence-electron chi connectivity index (χ3n) is 3.51. The molecule has 1 atom stereocenters. The molecule has 4 nitrogen and oxygen atoms in total. The van der Waals surface area contributed by atoms with Crippen molar-refractivity contribution in [1.29, 1.82) is 0 Å². The Morgan fingerprint density at radius 3 is 2.47 bits per heavy atom. The van der Waals surface area contributed by atoms with Crippen LogP contribution in [-0.4, -0.2) is 14.8 Å². The van der Waals surface area contributed by atoms with Crippen molar-refractivity contribution >= 4 is 0 Å². The first-order chi connectivity index (χ1) is 9.24. The van der Waals surface area contributed by atoms with Gasteiger partial charge < -0.3 is 9.88 Å². The van der Waals surface area contributed by atoms with Crippen LogP contribution in [0.25, 0.3) is 0 Å². The van der Waals surface area contributed by atoms with Crippen LogP contribution in [0.5, 0.6) is 0 Å². The number of hydrogen-bond acceptors (Lipinski definition) is 3. The maximum absolute atomic E-state index is 4.09. The summed E-state index contributed by atoms with van der Waals surface area (Å²) in [6, 6.07) is 9.22. The van der Waals surface area contributed by atoms with Gasteiger partial charge in [-0.15, -0.1) is 10.2 Å². The lowest BCUT2D eigenvalue weighted by Crippen LogP contribution is -2.22. The molecule has 1 heterocycles. The molecule has 102 valence electrons. The largest absolute Gasteiger partial charge is 0.320 e. The van der Waals surface area contributed by atoms with Gasteiger partial charge in [0.05, 0.1) is 6.54 Å². The van der Waals surface area contributed by atoms with Crippen molar-refractivity contribution in [2.75, 3.05) is 0 Å². The second-order valence-electron chi connectivity index (χ2n) is 4.79. The molecule has 0 saturated heterocycles. The van der Waals surface area contributed by atoms with Gasteiger partial charge in [-0.2, -0.15) is 0 Å². The second kappa shape index (κ2) is 6.48. The Labute approximate surface area is 114 Å². The van der Waals surface area contributed by atoms with Gasteiger partial charge in [0.25, 0.3) is 0 Å². The lowest BCUT2D eigenvalue weighted by Gasteiger charge is -2.17. The first kappa shape index (κ1) is 13.7. The Morgan fingerprint density at radius 1 is 1.21 bits per heavy atom. The van der Waals surface area contributed by atoms with E-state index in [2.05, 4.69) is 53.6 Å². The average molecular weight is 258 g/mol. The van der Waals surface area contributed by atoms with Crippen molar-refractivity contribution in [3.8, 4) is 0 Å². The second-order valence-corrected chi connectivity index (χ2v) is 4.79. The first-order valence-electron chi connectivity index (χ1n) is 6.89. The molecule has 2 rings (SSSR count). The van der Waals surface area contributed by atoms with Gasteiger partial charge in [0.1, 0.15) is 12.2 Å². The van der Waals surface area contributed by atoms with E-state index in [0.717, 1.165) is 25.2 Å². The highest BCUT2D eigenvalue weighted by Crippen LogP contribution is 2.17. The molecule has 1 unspecified atom stereocenters. The standard InChI is InChI=1S/C15H22N4/c1-4-12-6-8-13(9-7-12)14(5-2)16-10-15-18-17-11-19(15)3/h6-9,11,14,16H,4-5,10H2,1-3H3. The zero-order chi connectivity index (χ0) is 13.7. The molecule has 19 heavy (non-hydrogen) atoms. The van der Waals surface area contributed by atoms with E-state index in [1.54, 1.807) is 6.33 Å². The van der Waals surface area contributed by atoms with E-state index >= 15 is 0 Å². The highest BCUT2D eigenvalue weighted by Gasteiger charge is 2.10. The van der Waals surface area contributed by atoms with Crippen LogP contribution < -0.4 is 5.32 Å². The zero-order valence-corrected chi connectivity index (χ0v) is 11.9. The molecule has 1 N–H and O–H groups in total. The predicted molar refractivity (Wildman–Crippen MR) is 76.7 cm³/mol. The molecule has 1 aromatic heterocycles. The van der Waals surface area contributed by atoms with E-state index in [4.69, 9.17) is 0 Å². The van der Waals surface area contributed by atoms with Crippen LogP contribution in [0.15, 0.2) is 30.6 Å². The van der Waals surface area contributed by atoms with Crippen molar-refractivity contribution < 1.29 is 0 Å². The van der Waals surface area contributed by atoms with Gasteiger partial charge in [0, 0.05) is 13.1 Å². The van der Waals surface area contributed by atoms with E-state index < -0.39 is 0 Å². The fraction of sp³-hybridized carbons (Fsp3) is 0.467.